The first-order chi connectivity index (χ1) is 16.7. The molecule has 0 fully saturated rings. The summed E-state index contributed by atoms with van der Waals surface area (Å²) in [7, 11) is 0. The summed E-state index contributed by atoms with van der Waals surface area (Å²) in [6.07, 6.45) is -3.55. The van der Waals surface area contributed by atoms with Crippen LogP contribution < -0.4 is 15.8 Å². The van der Waals surface area contributed by atoms with Crippen molar-refractivity contribution in [2.24, 2.45) is 5.92 Å². The average molecular weight is 511 g/mol. The van der Waals surface area contributed by atoms with Gasteiger partial charge >= 0.3 is 23.7 Å². The van der Waals surface area contributed by atoms with Crippen LogP contribution in [0.3, 0.4) is 0 Å². The number of rotatable bonds is 10. The summed E-state index contributed by atoms with van der Waals surface area (Å²) in [5.41, 5.74) is 0.312. The van der Waals surface area contributed by atoms with Crippen LogP contribution in [0.15, 0.2) is 46.1 Å². The molecule has 0 saturated carbocycles. The fourth-order valence-electron chi connectivity index (χ4n) is 3.88. The molecule has 198 valence electrons. The van der Waals surface area contributed by atoms with Crippen molar-refractivity contribution in [3.8, 4) is 0 Å². The van der Waals surface area contributed by atoms with Crippen LogP contribution in [0.1, 0.15) is 46.6 Å². The molecule has 0 saturated heterocycles. The Morgan fingerprint density at radius 3 is 2.33 bits per heavy atom. The first-order valence-electron chi connectivity index (χ1n) is 11.7. The monoisotopic (exact) mass is 510 g/mol. The Hall–Kier alpha value is -3.30. The van der Waals surface area contributed by atoms with Crippen LogP contribution in [-0.2, 0) is 20.7 Å². The van der Waals surface area contributed by atoms with E-state index in [1.807, 2.05) is 26.0 Å². The summed E-state index contributed by atoms with van der Waals surface area (Å²) in [4.78, 5) is 38.7. The van der Waals surface area contributed by atoms with Crippen LogP contribution >= 0.6 is 0 Å². The largest absolute Gasteiger partial charge is 0.471 e. The number of anilines is 1. The van der Waals surface area contributed by atoms with Gasteiger partial charge in [-0.3, -0.25) is 4.79 Å². The van der Waals surface area contributed by atoms with Crippen molar-refractivity contribution in [1.82, 2.24) is 5.32 Å². The van der Waals surface area contributed by atoms with Crippen LogP contribution in [0.5, 0.6) is 0 Å². The molecule has 1 amide bonds. The van der Waals surface area contributed by atoms with Crippen molar-refractivity contribution in [3.63, 3.8) is 0 Å². The highest BCUT2D eigenvalue weighted by atomic mass is 19.4. The van der Waals surface area contributed by atoms with Gasteiger partial charge in [0.15, 0.2) is 0 Å². The number of carbonyl (C=O) groups is 2. The number of aryl methyl sites for hydroxylation is 1. The quantitative estimate of drug-likeness (QED) is 0.282. The molecule has 1 N–H and O–H groups in total. The predicted octanol–water partition coefficient (Wildman–Crippen LogP) is 4.76. The second kappa shape index (κ2) is 11.6. The standard InChI is InChI=1S/C26H33F3N2O5/c1-7-16(22(23(33)36-25(4,5)6)30-24(34)26(27,28)29)10-11-17-14-21(32)35-20-15-18(12-13-19(17)20)31(8-2)9-3/h7,12-16,22H,1,8-11H2,2-6H3,(H,30,34). The number of carbonyl (C=O) groups excluding carboxylic acids is 2. The SMILES string of the molecule is C=CC(CCc1cc(=O)oc2cc(N(CC)CC)ccc12)C(NC(=O)C(F)(F)F)C(=O)OC(C)(C)C. The molecular formula is C26H33F3N2O5. The third-order valence-corrected chi connectivity index (χ3v) is 5.63. The van der Waals surface area contributed by atoms with Gasteiger partial charge in [-0.05, 0) is 65.2 Å². The zero-order valence-electron chi connectivity index (χ0n) is 21.2. The highest BCUT2D eigenvalue weighted by Crippen LogP contribution is 2.27. The molecule has 0 spiro atoms. The zero-order valence-corrected chi connectivity index (χ0v) is 21.2. The third-order valence-electron chi connectivity index (χ3n) is 5.63. The van der Waals surface area contributed by atoms with E-state index >= 15 is 0 Å². The smallest absolute Gasteiger partial charge is 0.458 e. The third kappa shape index (κ3) is 7.60. The van der Waals surface area contributed by atoms with E-state index < -0.39 is 41.2 Å². The van der Waals surface area contributed by atoms with Crippen LogP contribution in [0.4, 0.5) is 18.9 Å². The van der Waals surface area contributed by atoms with Gasteiger partial charge in [-0.15, -0.1) is 6.58 Å². The first-order valence-corrected chi connectivity index (χ1v) is 11.7. The lowest BCUT2D eigenvalue weighted by molar-refractivity contribution is -0.177. The Labute approximate surface area is 208 Å². The van der Waals surface area contributed by atoms with E-state index in [9.17, 15) is 27.6 Å². The van der Waals surface area contributed by atoms with Crippen molar-refractivity contribution in [1.29, 1.82) is 0 Å². The summed E-state index contributed by atoms with van der Waals surface area (Å²) in [5, 5.41) is 2.42. The van der Waals surface area contributed by atoms with E-state index in [1.54, 1.807) is 32.2 Å². The predicted molar refractivity (Wildman–Crippen MR) is 132 cm³/mol. The summed E-state index contributed by atoms with van der Waals surface area (Å²) < 4.78 is 49.5. The first kappa shape index (κ1) is 28.9. The topological polar surface area (TPSA) is 88.9 Å². The van der Waals surface area contributed by atoms with Gasteiger partial charge in [0.2, 0.25) is 0 Å². The number of halogens is 3. The molecule has 0 aliphatic rings. The Morgan fingerprint density at radius 1 is 1.17 bits per heavy atom. The van der Waals surface area contributed by atoms with Gasteiger partial charge < -0.3 is 19.4 Å². The van der Waals surface area contributed by atoms with Crippen molar-refractivity contribution < 1.29 is 31.9 Å². The Balaban J connectivity index is 2.37. The highest BCUT2D eigenvalue weighted by Gasteiger charge is 2.43. The fraction of sp³-hybridized carbons (Fsp3) is 0.500. The minimum absolute atomic E-state index is 0.113. The molecule has 2 atom stereocenters. The number of nitrogens with zero attached hydrogens (tertiary/aromatic N) is 1. The zero-order chi connectivity index (χ0) is 27.3. The molecule has 10 heteroatoms. The lowest BCUT2D eigenvalue weighted by Crippen LogP contribution is -2.52. The van der Waals surface area contributed by atoms with Gasteiger partial charge in [-0.1, -0.05) is 6.08 Å². The summed E-state index contributed by atoms with van der Waals surface area (Å²) in [5.74, 6) is -4.16. The maximum absolute atomic E-state index is 13.0. The summed E-state index contributed by atoms with van der Waals surface area (Å²) >= 11 is 0. The summed E-state index contributed by atoms with van der Waals surface area (Å²) in [6.45, 7) is 13.9. The molecule has 1 aromatic heterocycles. The number of fused-ring (bicyclic) bond motifs is 1. The van der Waals surface area contributed by atoms with Crippen molar-refractivity contribution >= 4 is 28.5 Å². The molecular weight excluding hydrogens is 477 g/mol. The maximum Gasteiger partial charge on any atom is 0.471 e. The minimum Gasteiger partial charge on any atom is -0.458 e. The van der Waals surface area contributed by atoms with Crippen molar-refractivity contribution in [2.75, 3.05) is 18.0 Å². The van der Waals surface area contributed by atoms with Gasteiger partial charge in [-0.25, -0.2) is 9.59 Å². The number of hydrogen-bond donors (Lipinski definition) is 1. The van der Waals surface area contributed by atoms with E-state index in [0.717, 1.165) is 18.8 Å². The number of esters is 1. The number of nitrogens with one attached hydrogen (secondary N) is 1. The van der Waals surface area contributed by atoms with E-state index in [0.29, 0.717) is 16.5 Å². The molecule has 0 bridgehead atoms. The van der Waals surface area contributed by atoms with Gasteiger partial charge in [0.25, 0.3) is 0 Å². The van der Waals surface area contributed by atoms with Gasteiger partial charge in [0.05, 0.1) is 0 Å². The molecule has 1 heterocycles. The molecule has 0 aliphatic carbocycles. The average Bonchev–Trinajstić information content (AvgIpc) is 2.77. The summed E-state index contributed by atoms with van der Waals surface area (Å²) in [6, 6.07) is 5.19. The highest BCUT2D eigenvalue weighted by molar-refractivity contribution is 5.88. The van der Waals surface area contributed by atoms with E-state index in [2.05, 4.69) is 11.5 Å². The molecule has 2 aromatic rings. The van der Waals surface area contributed by atoms with Crippen LogP contribution in [0, 0.1) is 5.92 Å². The lowest BCUT2D eigenvalue weighted by Gasteiger charge is -2.28. The minimum atomic E-state index is -5.18. The maximum atomic E-state index is 13.0. The molecule has 0 aliphatic heterocycles. The van der Waals surface area contributed by atoms with Crippen molar-refractivity contribution in [3.05, 3.63) is 52.9 Å². The van der Waals surface area contributed by atoms with Gasteiger partial charge in [-0.2, -0.15) is 13.2 Å². The van der Waals surface area contributed by atoms with E-state index in [4.69, 9.17) is 9.15 Å². The van der Waals surface area contributed by atoms with Crippen LogP contribution in [0.2, 0.25) is 0 Å². The molecule has 1 aromatic carbocycles. The fourth-order valence-corrected chi connectivity index (χ4v) is 3.88. The lowest BCUT2D eigenvalue weighted by atomic mass is 9.91. The number of hydrogen-bond acceptors (Lipinski definition) is 6. The van der Waals surface area contributed by atoms with Gasteiger partial charge in [0.1, 0.15) is 17.2 Å². The number of alkyl halides is 3. The molecule has 2 unspecified atom stereocenters. The molecule has 0 radical (unpaired) electrons. The van der Waals surface area contributed by atoms with Crippen molar-refractivity contribution in [2.45, 2.75) is 65.3 Å². The van der Waals surface area contributed by atoms with Crippen LogP contribution in [0.25, 0.3) is 11.0 Å². The van der Waals surface area contributed by atoms with E-state index in [-0.39, 0.29) is 12.8 Å². The van der Waals surface area contributed by atoms with E-state index in [1.165, 1.54) is 12.1 Å². The molecule has 36 heavy (non-hydrogen) atoms. The normalized spacial score (nSPS) is 13.7. The Kier molecular flexibility index (Phi) is 9.34. The van der Waals surface area contributed by atoms with Gasteiger partial charge in [0, 0.05) is 42.2 Å². The number of benzene rings is 1. The molecule has 2 rings (SSSR count). The Bertz CT molecular complexity index is 1150. The number of ether oxygens (including phenoxy) is 1. The molecule has 7 nitrogen and oxygen atoms in total. The number of amides is 1. The Morgan fingerprint density at radius 2 is 1.81 bits per heavy atom. The van der Waals surface area contributed by atoms with Crippen LogP contribution in [-0.4, -0.2) is 42.8 Å². The second-order valence-corrected chi connectivity index (χ2v) is 9.36. The second-order valence-electron chi connectivity index (χ2n) is 9.36.